The fourth-order valence-electron chi connectivity index (χ4n) is 0.889. The third-order valence-corrected chi connectivity index (χ3v) is 1.54. The molecule has 4 N–H and O–H groups in total. The van der Waals surface area contributed by atoms with Crippen LogP contribution in [0.3, 0.4) is 0 Å². The molecule has 0 aromatic carbocycles. The van der Waals surface area contributed by atoms with Crippen molar-refractivity contribution in [3.8, 4) is 11.6 Å². The van der Waals surface area contributed by atoms with Crippen molar-refractivity contribution in [2.45, 2.75) is 6.54 Å². The first-order valence-electron chi connectivity index (χ1n) is 3.90. The summed E-state index contributed by atoms with van der Waals surface area (Å²) >= 11 is 0. The van der Waals surface area contributed by atoms with Crippen LogP contribution in [0.4, 0.5) is 5.82 Å². The molecule has 0 saturated carbocycles. The first-order valence-corrected chi connectivity index (χ1v) is 3.90. The highest BCUT2D eigenvalue weighted by Gasteiger charge is 2.08. The molecule has 0 spiro atoms. The Labute approximate surface area is 91.3 Å². The molecule has 0 aliphatic carbocycles. The van der Waals surface area contributed by atoms with Gasteiger partial charge in [0.05, 0.1) is 18.9 Å². The number of nitrogens with two attached hydrogens (primary N) is 2. The number of nitrogens with zero attached hydrogens (tertiary/aromatic N) is 4. The van der Waals surface area contributed by atoms with Gasteiger partial charge in [-0.2, -0.15) is 4.98 Å². The quantitative estimate of drug-likeness (QED) is 0.742. The van der Waals surface area contributed by atoms with E-state index in [4.69, 9.17) is 16.0 Å². The van der Waals surface area contributed by atoms with Gasteiger partial charge in [-0.15, -0.1) is 12.4 Å². The fourth-order valence-corrected chi connectivity index (χ4v) is 0.889. The van der Waals surface area contributed by atoms with Crippen LogP contribution >= 0.6 is 12.4 Å². The number of halogens is 1. The zero-order valence-corrected chi connectivity index (χ0v) is 8.44. The Morgan fingerprint density at radius 2 is 2.07 bits per heavy atom. The summed E-state index contributed by atoms with van der Waals surface area (Å²) < 4.78 is 4.90. The smallest absolute Gasteiger partial charge is 0.278 e. The Hall–Kier alpha value is -1.73. The molecule has 7 nitrogen and oxygen atoms in total. The molecule has 0 fully saturated rings. The van der Waals surface area contributed by atoms with E-state index in [1.807, 2.05) is 0 Å². The van der Waals surface area contributed by atoms with Crippen molar-refractivity contribution in [2.24, 2.45) is 5.73 Å². The van der Waals surface area contributed by atoms with E-state index in [1.54, 1.807) is 0 Å². The highest BCUT2D eigenvalue weighted by molar-refractivity contribution is 5.85. The molecule has 0 saturated heterocycles. The molecule has 0 atom stereocenters. The molecular formula is C7H9ClN6O. The SMILES string of the molecule is Cl.NCc1noc(-c2cnc(N)cn2)n1. The lowest BCUT2D eigenvalue weighted by Crippen LogP contribution is -1.98. The maximum Gasteiger partial charge on any atom is 0.278 e. The van der Waals surface area contributed by atoms with E-state index in [-0.39, 0.29) is 24.8 Å². The fraction of sp³-hybridized carbons (Fsp3) is 0.143. The molecule has 15 heavy (non-hydrogen) atoms. The molecule has 0 aliphatic heterocycles. The number of rotatable bonds is 2. The summed E-state index contributed by atoms with van der Waals surface area (Å²) in [6, 6.07) is 0. The Balaban J connectivity index is 0.00000112. The van der Waals surface area contributed by atoms with Gasteiger partial charge in [-0.05, 0) is 0 Å². The summed E-state index contributed by atoms with van der Waals surface area (Å²) in [5.41, 5.74) is 11.2. The van der Waals surface area contributed by atoms with E-state index < -0.39 is 0 Å². The van der Waals surface area contributed by atoms with Gasteiger partial charge in [0.1, 0.15) is 11.5 Å². The van der Waals surface area contributed by atoms with Crippen molar-refractivity contribution in [3.05, 3.63) is 18.2 Å². The van der Waals surface area contributed by atoms with Gasteiger partial charge in [0, 0.05) is 0 Å². The average Bonchev–Trinajstić information content (AvgIpc) is 2.67. The van der Waals surface area contributed by atoms with E-state index in [9.17, 15) is 0 Å². The van der Waals surface area contributed by atoms with Crippen molar-refractivity contribution in [1.29, 1.82) is 0 Å². The van der Waals surface area contributed by atoms with E-state index in [2.05, 4.69) is 20.1 Å². The Morgan fingerprint density at radius 3 is 2.60 bits per heavy atom. The topological polar surface area (TPSA) is 117 Å². The van der Waals surface area contributed by atoms with Crippen LogP contribution in [0.5, 0.6) is 0 Å². The molecular weight excluding hydrogens is 220 g/mol. The number of aromatic nitrogens is 4. The lowest BCUT2D eigenvalue weighted by molar-refractivity contribution is 0.421. The minimum Gasteiger partial charge on any atom is -0.382 e. The Bertz CT molecular complexity index is 427. The second-order valence-corrected chi connectivity index (χ2v) is 2.55. The molecule has 80 valence electrons. The molecule has 2 rings (SSSR count). The normalized spacial score (nSPS) is 9.67. The molecule has 0 unspecified atom stereocenters. The Morgan fingerprint density at radius 1 is 1.27 bits per heavy atom. The van der Waals surface area contributed by atoms with Gasteiger partial charge in [-0.25, -0.2) is 9.97 Å². The zero-order valence-electron chi connectivity index (χ0n) is 7.62. The van der Waals surface area contributed by atoms with Crippen molar-refractivity contribution >= 4 is 18.2 Å². The van der Waals surface area contributed by atoms with Crippen LogP contribution in [0.2, 0.25) is 0 Å². The molecule has 0 bridgehead atoms. The highest BCUT2D eigenvalue weighted by atomic mass is 35.5. The summed E-state index contributed by atoms with van der Waals surface area (Å²) in [6.45, 7) is 0.228. The van der Waals surface area contributed by atoms with E-state index in [1.165, 1.54) is 12.4 Å². The first kappa shape index (κ1) is 11.3. The lowest BCUT2D eigenvalue weighted by atomic mass is 10.4. The number of hydrogen-bond donors (Lipinski definition) is 2. The predicted molar refractivity (Wildman–Crippen MR) is 54.9 cm³/mol. The van der Waals surface area contributed by atoms with Crippen molar-refractivity contribution in [3.63, 3.8) is 0 Å². The van der Waals surface area contributed by atoms with Crippen molar-refractivity contribution < 1.29 is 4.52 Å². The molecule has 8 heteroatoms. The van der Waals surface area contributed by atoms with E-state index in [0.29, 0.717) is 17.3 Å². The van der Waals surface area contributed by atoms with Crippen LogP contribution in [0.1, 0.15) is 5.82 Å². The van der Waals surface area contributed by atoms with E-state index in [0.717, 1.165) is 0 Å². The van der Waals surface area contributed by atoms with Crippen LogP contribution in [0.25, 0.3) is 11.6 Å². The summed E-state index contributed by atoms with van der Waals surface area (Å²) in [4.78, 5) is 11.8. The summed E-state index contributed by atoms with van der Waals surface area (Å²) in [5.74, 6) is 1.06. The number of hydrogen-bond acceptors (Lipinski definition) is 7. The Kier molecular flexibility index (Phi) is 3.53. The maximum atomic E-state index is 5.38. The second-order valence-electron chi connectivity index (χ2n) is 2.55. The van der Waals surface area contributed by atoms with Crippen LogP contribution in [-0.2, 0) is 6.54 Å². The minimum atomic E-state index is 0. The summed E-state index contributed by atoms with van der Waals surface area (Å²) in [5, 5.41) is 3.62. The predicted octanol–water partition coefficient (Wildman–Crippen LogP) is -0.0107. The van der Waals surface area contributed by atoms with Crippen molar-refractivity contribution in [2.75, 3.05) is 5.73 Å². The van der Waals surface area contributed by atoms with Crippen LogP contribution in [0, 0.1) is 0 Å². The minimum absolute atomic E-state index is 0. The van der Waals surface area contributed by atoms with Crippen LogP contribution in [-0.4, -0.2) is 20.1 Å². The van der Waals surface area contributed by atoms with E-state index >= 15 is 0 Å². The first-order chi connectivity index (χ1) is 6.79. The molecule has 2 heterocycles. The standard InChI is InChI=1S/C7H8N6O.ClH/c8-1-6-12-7(14-13-6)4-2-11-5(9)3-10-4;/h2-3H,1,8H2,(H2,9,11);1H. The van der Waals surface area contributed by atoms with Gasteiger partial charge in [0.2, 0.25) is 0 Å². The number of anilines is 1. The molecule has 2 aromatic heterocycles. The molecule has 0 radical (unpaired) electrons. The lowest BCUT2D eigenvalue weighted by Gasteiger charge is -1.92. The third-order valence-electron chi connectivity index (χ3n) is 1.54. The summed E-state index contributed by atoms with van der Waals surface area (Å²) in [7, 11) is 0. The molecule has 0 aliphatic rings. The second kappa shape index (κ2) is 4.67. The van der Waals surface area contributed by atoms with Crippen LogP contribution < -0.4 is 11.5 Å². The van der Waals surface area contributed by atoms with Gasteiger partial charge < -0.3 is 16.0 Å². The highest BCUT2D eigenvalue weighted by Crippen LogP contribution is 2.12. The number of nitrogen functional groups attached to an aromatic ring is 1. The zero-order chi connectivity index (χ0) is 9.97. The van der Waals surface area contributed by atoms with Crippen LogP contribution in [0.15, 0.2) is 16.9 Å². The molecule has 2 aromatic rings. The summed E-state index contributed by atoms with van der Waals surface area (Å²) in [6.07, 6.45) is 2.88. The largest absolute Gasteiger partial charge is 0.382 e. The van der Waals surface area contributed by atoms with Gasteiger partial charge >= 0.3 is 0 Å². The van der Waals surface area contributed by atoms with Gasteiger partial charge in [-0.1, -0.05) is 5.16 Å². The monoisotopic (exact) mass is 228 g/mol. The maximum absolute atomic E-state index is 5.38. The average molecular weight is 229 g/mol. The molecule has 0 amide bonds. The van der Waals surface area contributed by atoms with Gasteiger partial charge in [-0.3, -0.25) is 0 Å². The van der Waals surface area contributed by atoms with Gasteiger partial charge in [0.25, 0.3) is 5.89 Å². The van der Waals surface area contributed by atoms with Gasteiger partial charge in [0.15, 0.2) is 5.82 Å². The third kappa shape index (κ3) is 2.39. The van der Waals surface area contributed by atoms with Crippen molar-refractivity contribution in [1.82, 2.24) is 20.1 Å².